The summed E-state index contributed by atoms with van der Waals surface area (Å²) in [5.41, 5.74) is 4.11. The van der Waals surface area contributed by atoms with Crippen molar-refractivity contribution in [2.45, 2.75) is 26.0 Å². The number of ether oxygens (including phenoxy) is 2. The highest BCUT2D eigenvalue weighted by atomic mass is 79.9. The fourth-order valence-electron chi connectivity index (χ4n) is 3.14. The van der Waals surface area contributed by atoms with Gasteiger partial charge in [-0.2, -0.15) is 0 Å². The summed E-state index contributed by atoms with van der Waals surface area (Å²) in [5, 5.41) is 2.86. The lowest BCUT2D eigenvalue weighted by atomic mass is 10.0. The molecule has 2 aromatic carbocycles. The van der Waals surface area contributed by atoms with Crippen LogP contribution in [0, 0.1) is 13.8 Å². The van der Waals surface area contributed by atoms with Crippen LogP contribution in [0.25, 0.3) is 0 Å². The van der Waals surface area contributed by atoms with Crippen LogP contribution in [0.15, 0.2) is 75.9 Å². The van der Waals surface area contributed by atoms with E-state index in [2.05, 4.69) is 47.2 Å². The predicted octanol–water partition coefficient (Wildman–Crippen LogP) is 4.23. The Hall–Kier alpha value is -2.86. The smallest absolute Gasteiger partial charge is 0.262 e. The fourth-order valence-corrected chi connectivity index (χ4v) is 3.40. The van der Waals surface area contributed by atoms with E-state index in [1.165, 1.54) is 11.1 Å². The molecule has 2 atom stereocenters. The number of amides is 1. The molecule has 0 spiro atoms. The number of carbonyl (C=O) groups excluding carboxylic acids is 1. The van der Waals surface area contributed by atoms with Gasteiger partial charge < -0.3 is 14.8 Å². The average Bonchev–Trinajstić information content (AvgIpc) is 3.13. The van der Waals surface area contributed by atoms with Crippen LogP contribution in [0.4, 0.5) is 0 Å². The minimum absolute atomic E-state index is 0.0609. The van der Waals surface area contributed by atoms with Gasteiger partial charge >= 0.3 is 0 Å². The highest BCUT2D eigenvalue weighted by Gasteiger charge is 2.30. The molecule has 1 aliphatic heterocycles. The molecule has 0 saturated heterocycles. The Morgan fingerprint density at radius 3 is 2.72 bits per heavy atom. The number of hydrogen-bond donors (Lipinski definition) is 1. The number of hydrogen-bond acceptors (Lipinski definition) is 4. The van der Waals surface area contributed by atoms with Crippen LogP contribution in [-0.2, 0) is 9.53 Å². The Morgan fingerprint density at radius 2 is 1.97 bits per heavy atom. The van der Waals surface area contributed by atoms with Crippen molar-refractivity contribution in [3.8, 4) is 5.75 Å². The van der Waals surface area contributed by atoms with Gasteiger partial charge in [-0.1, -0.05) is 22.0 Å². The van der Waals surface area contributed by atoms with Gasteiger partial charge in [0.05, 0.1) is 0 Å². The molecule has 0 radical (unpaired) electrons. The van der Waals surface area contributed by atoms with Crippen molar-refractivity contribution in [3.63, 3.8) is 0 Å². The predicted molar refractivity (Wildman–Crippen MR) is 116 cm³/mol. The zero-order valence-corrected chi connectivity index (χ0v) is 17.8. The summed E-state index contributed by atoms with van der Waals surface area (Å²) < 4.78 is 12.5. The summed E-state index contributed by atoms with van der Waals surface area (Å²) in [7, 11) is 0. The second kappa shape index (κ2) is 8.25. The first-order valence-corrected chi connectivity index (χ1v) is 10.2. The molecule has 2 aliphatic rings. The number of carbonyl (C=O) groups is 1. The minimum Gasteiger partial charge on any atom is -0.484 e. The summed E-state index contributed by atoms with van der Waals surface area (Å²) in [6.07, 6.45) is 5.53. The van der Waals surface area contributed by atoms with Crippen molar-refractivity contribution in [1.82, 2.24) is 5.32 Å². The third-order valence-corrected chi connectivity index (χ3v) is 5.42. The normalized spacial score (nSPS) is 19.7. The summed E-state index contributed by atoms with van der Waals surface area (Å²) in [5.74, 6) is 1.05. The molecule has 1 heterocycles. The van der Waals surface area contributed by atoms with E-state index in [1.807, 2.05) is 36.4 Å². The van der Waals surface area contributed by atoms with Gasteiger partial charge in [0.25, 0.3) is 5.91 Å². The second-order valence-electron chi connectivity index (χ2n) is 7.08. The van der Waals surface area contributed by atoms with Gasteiger partial charge in [0.1, 0.15) is 17.9 Å². The van der Waals surface area contributed by atoms with Gasteiger partial charge in [0, 0.05) is 15.7 Å². The second-order valence-corrected chi connectivity index (χ2v) is 7.99. The van der Waals surface area contributed by atoms with Gasteiger partial charge in [-0.05, 0) is 79.6 Å². The van der Waals surface area contributed by atoms with Crippen LogP contribution in [-0.4, -0.2) is 30.6 Å². The first kappa shape index (κ1) is 19.5. The molecule has 2 aromatic rings. The molecule has 0 saturated carbocycles. The van der Waals surface area contributed by atoms with Crippen molar-refractivity contribution < 1.29 is 14.3 Å². The number of aryl methyl sites for hydroxylation is 2. The first-order valence-electron chi connectivity index (χ1n) is 9.38. The Labute approximate surface area is 178 Å². The highest BCUT2D eigenvalue weighted by molar-refractivity contribution is 9.10. The molecular weight excluding hydrogens is 432 g/mol. The lowest BCUT2D eigenvalue weighted by Crippen LogP contribution is -2.31. The zero-order chi connectivity index (χ0) is 20.4. The van der Waals surface area contributed by atoms with Crippen LogP contribution in [0.1, 0.15) is 16.7 Å². The average molecular weight is 453 g/mol. The Balaban J connectivity index is 1.38. The molecule has 1 amide bonds. The molecule has 1 aliphatic carbocycles. The van der Waals surface area contributed by atoms with Crippen molar-refractivity contribution in [2.24, 2.45) is 4.99 Å². The summed E-state index contributed by atoms with van der Waals surface area (Å²) >= 11 is 3.37. The number of benzene rings is 2. The number of rotatable bonds is 5. The van der Waals surface area contributed by atoms with E-state index in [-0.39, 0.29) is 24.7 Å². The molecule has 0 unspecified atom stereocenters. The van der Waals surface area contributed by atoms with Gasteiger partial charge in [-0.25, -0.2) is 4.99 Å². The monoisotopic (exact) mass is 452 g/mol. The number of nitrogens with zero attached hydrogens (tertiary/aromatic N) is 1. The SMILES string of the molecule is Cc1ccc(C2=N[C@H]3C=C(NC(=O)COc4ccc(Br)cc4)C=C[C@H]3O2)cc1C. The maximum atomic E-state index is 12.2. The molecular formula is C23H21BrN2O3. The molecule has 0 bridgehead atoms. The molecule has 4 rings (SSSR count). The van der Waals surface area contributed by atoms with Crippen molar-refractivity contribution >= 4 is 27.7 Å². The number of fused-ring (bicyclic) bond motifs is 1. The minimum atomic E-state index is -0.223. The third kappa shape index (κ3) is 4.59. The standard InChI is InChI=1S/C23H21BrN2O3/c1-14-3-4-16(11-15(14)2)23-26-20-12-18(7-10-21(20)29-23)25-22(27)13-28-19-8-5-17(24)6-9-19/h3-12,20-21H,13H2,1-2H3,(H,25,27)/t20-,21+/m0/s1. The summed E-state index contributed by atoms with van der Waals surface area (Å²) in [6.45, 7) is 4.09. The van der Waals surface area contributed by atoms with Crippen LogP contribution < -0.4 is 10.1 Å². The Morgan fingerprint density at radius 1 is 1.17 bits per heavy atom. The lowest BCUT2D eigenvalue weighted by Gasteiger charge is -2.17. The Bertz CT molecular complexity index is 1020. The molecule has 1 N–H and O–H groups in total. The fraction of sp³-hybridized carbons (Fsp3) is 0.217. The van der Waals surface area contributed by atoms with E-state index in [9.17, 15) is 4.79 Å². The highest BCUT2D eigenvalue weighted by Crippen LogP contribution is 2.25. The van der Waals surface area contributed by atoms with Crippen LogP contribution >= 0.6 is 15.9 Å². The largest absolute Gasteiger partial charge is 0.484 e. The van der Waals surface area contributed by atoms with E-state index in [4.69, 9.17) is 14.5 Å². The van der Waals surface area contributed by atoms with E-state index >= 15 is 0 Å². The van der Waals surface area contributed by atoms with Gasteiger partial charge in [-0.15, -0.1) is 0 Å². The summed E-state index contributed by atoms with van der Waals surface area (Å²) in [4.78, 5) is 16.9. The number of nitrogens with one attached hydrogen (secondary N) is 1. The molecule has 148 valence electrons. The van der Waals surface area contributed by atoms with Crippen molar-refractivity contribution in [2.75, 3.05) is 6.61 Å². The molecule has 5 nitrogen and oxygen atoms in total. The van der Waals surface area contributed by atoms with Crippen LogP contribution in [0.5, 0.6) is 5.75 Å². The Kier molecular flexibility index (Phi) is 5.53. The van der Waals surface area contributed by atoms with Gasteiger partial charge in [0.15, 0.2) is 6.61 Å². The van der Waals surface area contributed by atoms with E-state index in [0.29, 0.717) is 17.3 Å². The van der Waals surface area contributed by atoms with Crippen molar-refractivity contribution in [1.29, 1.82) is 0 Å². The van der Waals surface area contributed by atoms with Gasteiger partial charge in [-0.3, -0.25) is 4.79 Å². The molecule has 0 fully saturated rings. The third-order valence-electron chi connectivity index (χ3n) is 4.89. The summed E-state index contributed by atoms with van der Waals surface area (Å²) in [6, 6.07) is 13.4. The maximum absolute atomic E-state index is 12.2. The topological polar surface area (TPSA) is 59.9 Å². The zero-order valence-electron chi connectivity index (χ0n) is 16.2. The van der Waals surface area contributed by atoms with E-state index in [0.717, 1.165) is 10.0 Å². The molecule has 29 heavy (non-hydrogen) atoms. The van der Waals surface area contributed by atoms with Crippen LogP contribution in [0.3, 0.4) is 0 Å². The lowest BCUT2D eigenvalue weighted by molar-refractivity contribution is -0.122. The van der Waals surface area contributed by atoms with Crippen molar-refractivity contribution in [3.05, 3.63) is 87.6 Å². The van der Waals surface area contributed by atoms with E-state index in [1.54, 1.807) is 12.1 Å². The number of halogens is 1. The number of aliphatic imine (C=N–C) groups is 1. The first-order chi connectivity index (χ1) is 14.0. The molecule has 6 heteroatoms. The van der Waals surface area contributed by atoms with Gasteiger partial charge in [0.2, 0.25) is 5.90 Å². The number of allylic oxidation sites excluding steroid dienone is 1. The maximum Gasteiger partial charge on any atom is 0.262 e. The van der Waals surface area contributed by atoms with Crippen LogP contribution in [0.2, 0.25) is 0 Å². The molecule has 0 aromatic heterocycles. The van der Waals surface area contributed by atoms with E-state index < -0.39 is 0 Å². The quantitative estimate of drug-likeness (QED) is 0.738.